The van der Waals surface area contributed by atoms with E-state index in [1.807, 2.05) is 23.7 Å². The molecule has 0 aliphatic rings. The molecule has 0 N–H and O–H groups in total. The van der Waals surface area contributed by atoms with Gasteiger partial charge >= 0.3 is 0 Å². The zero-order valence-electron chi connectivity index (χ0n) is 29.8. The number of rotatable bonds is 7. The lowest BCUT2D eigenvalue weighted by Gasteiger charge is -2.25. The van der Waals surface area contributed by atoms with Crippen LogP contribution >= 0.6 is 11.3 Å². The van der Waals surface area contributed by atoms with Crippen LogP contribution in [-0.4, -0.2) is 9.55 Å². The number of pyridine rings is 1. The molecule has 3 nitrogen and oxygen atoms in total. The molecule has 4 heteroatoms. The van der Waals surface area contributed by atoms with Crippen LogP contribution in [0.3, 0.4) is 0 Å². The van der Waals surface area contributed by atoms with Gasteiger partial charge in [-0.25, -0.2) is 0 Å². The third kappa shape index (κ3) is 5.38. The van der Waals surface area contributed by atoms with Crippen molar-refractivity contribution in [3.63, 3.8) is 0 Å². The maximum absolute atomic E-state index is 4.30. The Balaban J connectivity index is 0.922. The minimum atomic E-state index is 1.12. The number of aromatic nitrogens is 2. The fraction of sp³-hybridized carbons (Fsp3) is 0. The van der Waals surface area contributed by atoms with Crippen LogP contribution in [0.1, 0.15) is 11.1 Å². The lowest BCUT2D eigenvalue weighted by atomic mass is 9.97. The zero-order chi connectivity index (χ0) is 36.3. The van der Waals surface area contributed by atoms with Gasteiger partial charge in [0.25, 0.3) is 0 Å². The number of para-hydroxylation sites is 2. The fourth-order valence-electron chi connectivity index (χ4n) is 8.24. The van der Waals surface area contributed by atoms with E-state index in [9.17, 15) is 0 Å². The minimum absolute atomic E-state index is 1.12. The van der Waals surface area contributed by atoms with E-state index in [1.54, 1.807) is 0 Å². The molecule has 0 saturated carbocycles. The van der Waals surface area contributed by atoms with Gasteiger partial charge in [-0.05, 0) is 112 Å². The predicted molar refractivity (Wildman–Crippen MR) is 236 cm³/mol. The maximum Gasteiger partial charge on any atom is 0.0553 e. The van der Waals surface area contributed by atoms with Gasteiger partial charge in [0.05, 0.1) is 11.0 Å². The van der Waals surface area contributed by atoms with Crippen LogP contribution in [0.2, 0.25) is 0 Å². The summed E-state index contributed by atoms with van der Waals surface area (Å²) < 4.78 is 4.98. The number of anilines is 3. The summed E-state index contributed by atoms with van der Waals surface area (Å²) in [5, 5.41) is 7.76. The molecular weight excluding hydrogens is 687 g/mol. The fourth-order valence-corrected chi connectivity index (χ4v) is 9.43. The molecule has 0 radical (unpaired) electrons. The van der Waals surface area contributed by atoms with Crippen molar-refractivity contribution in [2.75, 3.05) is 4.90 Å². The van der Waals surface area contributed by atoms with Gasteiger partial charge in [0.15, 0.2) is 0 Å². The molecule has 11 aromatic rings. The molecule has 11 rings (SSSR count). The van der Waals surface area contributed by atoms with E-state index >= 15 is 0 Å². The normalized spacial score (nSPS) is 11.9. The Morgan fingerprint density at radius 2 is 1.09 bits per heavy atom. The molecular formula is C51H33N3S. The highest BCUT2D eigenvalue weighted by atomic mass is 32.1. The van der Waals surface area contributed by atoms with Crippen LogP contribution in [0.15, 0.2) is 188 Å². The molecule has 0 aliphatic heterocycles. The Bertz CT molecular complexity index is 3140. The first kappa shape index (κ1) is 31.5. The number of fused-ring (bicyclic) bond motifs is 3. The van der Waals surface area contributed by atoms with Gasteiger partial charge in [0.1, 0.15) is 0 Å². The summed E-state index contributed by atoms with van der Waals surface area (Å²) in [6.45, 7) is 0. The van der Waals surface area contributed by atoms with Crippen molar-refractivity contribution in [3.8, 4) is 16.8 Å². The van der Waals surface area contributed by atoms with Crippen molar-refractivity contribution >= 4 is 93.3 Å². The molecule has 0 spiro atoms. The highest BCUT2D eigenvalue weighted by molar-refractivity contribution is 7.25. The summed E-state index contributed by atoms with van der Waals surface area (Å²) in [5.74, 6) is 0. The molecule has 8 aromatic carbocycles. The first-order chi connectivity index (χ1) is 27.2. The van der Waals surface area contributed by atoms with Gasteiger partial charge in [0.2, 0.25) is 0 Å². The van der Waals surface area contributed by atoms with Crippen LogP contribution in [0.5, 0.6) is 0 Å². The lowest BCUT2D eigenvalue weighted by Crippen LogP contribution is -2.09. The third-order valence-corrected chi connectivity index (χ3v) is 11.9. The highest BCUT2D eigenvalue weighted by Gasteiger charge is 2.18. The Morgan fingerprint density at radius 3 is 1.85 bits per heavy atom. The molecule has 0 atom stereocenters. The topological polar surface area (TPSA) is 21.1 Å². The maximum atomic E-state index is 4.30. The Kier molecular flexibility index (Phi) is 7.35. The van der Waals surface area contributed by atoms with E-state index in [1.165, 1.54) is 69.4 Å². The summed E-state index contributed by atoms with van der Waals surface area (Å²) in [4.78, 5) is 6.59. The summed E-state index contributed by atoms with van der Waals surface area (Å²) in [5.41, 5.74) is 11.8. The Labute approximate surface area is 322 Å². The van der Waals surface area contributed by atoms with Gasteiger partial charge in [-0.15, -0.1) is 11.3 Å². The first-order valence-corrected chi connectivity index (χ1v) is 19.4. The highest BCUT2D eigenvalue weighted by Crippen LogP contribution is 2.43. The monoisotopic (exact) mass is 719 g/mol. The largest absolute Gasteiger partial charge is 0.311 e. The van der Waals surface area contributed by atoms with Crippen molar-refractivity contribution in [2.45, 2.75) is 0 Å². The van der Waals surface area contributed by atoms with Crippen LogP contribution in [0.4, 0.5) is 17.1 Å². The molecule has 0 fully saturated rings. The number of nitrogens with zero attached hydrogens (tertiary/aromatic N) is 3. The molecule has 0 unspecified atom stereocenters. The SMILES string of the molecule is C(=C\c1ccc2c(c1)sc1cc(-c3cc4ccc5cccc6c5c4c(c3)n6-c3ccncc3)ccc12)/c1ccc(N(c2ccccc2)c2ccccc2)cc1. The van der Waals surface area contributed by atoms with Crippen molar-refractivity contribution in [3.05, 3.63) is 199 Å². The van der Waals surface area contributed by atoms with Gasteiger partial charge in [-0.1, -0.05) is 109 Å². The first-order valence-electron chi connectivity index (χ1n) is 18.6. The Morgan fingerprint density at radius 1 is 0.455 bits per heavy atom. The van der Waals surface area contributed by atoms with E-state index in [4.69, 9.17) is 0 Å². The van der Waals surface area contributed by atoms with Crippen LogP contribution < -0.4 is 4.90 Å². The van der Waals surface area contributed by atoms with Crippen LogP contribution in [0, 0.1) is 0 Å². The second-order valence-electron chi connectivity index (χ2n) is 14.1. The average Bonchev–Trinajstić information content (AvgIpc) is 3.79. The molecule has 258 valence electrons. The summed E-state index contributed by atoms with van der Waals surface area (Å²) in [6.07, 6.45) is 8.18. The molecule has 0 bridgehead atoms. The summed E-state index contributed by atoms with van der Waals surface area (Å²) >= 11 is 1.87. The molecule has 0 aliphatic carbocycles. The van der Waals surface area contributed by atoms with Gasteiger partial charge in [-0.3, -0.25) is 4.98 Å². The molecule has 0 saturated heterocycles. The number of hydrogen-bond acceptors (Lipinski definition) is 3. The standard InChI is InChI=1S/C51H33N3S/c1-3-9-40(10-4-1)53(41-11-5-2-6-12-41)42-22-16-34(17-23-42)14-15-35-18-24-44-45-25-21-37(33-49(45)55-48(44)30-35)39-31-38-20-19-36-8-7-13-46-50(36)51(38)47(32-39)54(46)43-26-28-52-29-27-43/h1-33H/b15-14+. The van der Waals surface area contributed by atoms with E-state index in [-0.39, 0.29) is 0 Å². The molecule has 3 aromatic heterocycles. The van der Waals surface area contributed by atoms with E-state index in [2.05, 4.69) is 203 Å². The zero-order valence-corrected chi connectivity index (χ0v) is 30.6. The smallest absolute Gasteiger partial charge is 0.0553 e. The van der Waals surface area contributed by atoms with Gasteiger partial charge < -0.3 is 9.47 Å². The predicted octanol–water partition coefficient (Wildman–Crippen LogP) is 14.4. The number of benzene rings is 8. The van der Waals surface area contributed by atoms with Crippen molar-refractivity contribution < 1.29 is 0 Å². The Hall–Kier alpha value is -7.01. The van der Waals surface area contributed by atoms with E-state index in [0.717, 1.165) is 28.3 Å². The van der Waals surface area contributed by atoms with Crippen LogP contribution in [0.25, 0.3) is 81.7 Å². The molecule has 3 heterocycles. The summed E-state index contributed by atoms with van der Waals surface area (Å²) in [6, 6.07) is 63.7. The second kappa shape index (κ2) is 12.8. The van der Waals surface area contributed by atoms with Crippen molar-refractivity contribution in [1.82, 2.24) is 9.55 Å². The second-order valence-corrected chi connectivity index (χ2v) is 15.2. The van der Waals surface area contributed by atoms with Gasteiger partial charge in [-0.2, -0.15) is 0 Å². The minimum Gasteiger partial charge on any atom is -0.311 e. The van der Waals surface area contributed by atoms with Crippen molar-refractivity contribution in [2.24, 2.45) is 0 Å². The van der Waals surface area contributed by atoms with Crippen LogP contribution in [-0.2, 0) is 0 Å². The molecule has 0 amide bonds. The number of thiophene rings is 1. The third-order valence-electron chi connectivity index (χ3n) is 10.8. The quantitative estimate of drug-likeness (QED) is 0.121. The van der Waals surface area contributed by atoms with Crippen molar-refractivity contribution in [1.29, 1.82) is 0 Å². The molecule has 55 heavy (non-hydrogen) atoms. The average molecular weight is 720 g/mol. The van der Waals surface area contributed by atoms with E-state index in [0.29, 0.717) is 0 Å². The van der Waals surface area contributed by atoms with Gasteiger partial charge in [0, 0.05) is 66.1 Å². The number of hydrogen-bond donors (Lipinski definition) is 0. The summed E-state index contributed by atoms with van der Waals surface area (Å²) in [7, 11) is 0. The lowest BCUT2D eigenvalue weighted by molar-refractivity contribution is 1.16. The van der Waals surface area contributed by atoms with E-state index < -0.39 is 0 Å².